The third-order valence-electron chi connectivity index (χ3n) is 3.95. The molecule has 6 heteroatoms. The van der Waals surface area contributed by atoms with Crippen LogP contribution < -0.4 is 0 Å². The van der Waals surface area contributed by atoms with Gasteiger partial charge in [0.2, 0.25) is 0 Å². The Bertz CT molecular complexity index is 989. The molecule has 0 radical (unpaired) electrons. The van der Waals surface area contributed by atoms with Crippen LogP contribution in [-0.4, -0.2) is 32.4 Å². The first-order valence-electron chi connectivity index (χ1n) is 7.90. The lowest BCUT2D eigenvalue weighted by Crippen LogP contribution is -2.27. The molecule has 0 bridgehead atoms. The normalized spacial score (nSPS) is 10.9. The average molecular weight is 348 g/mol. The molecular weight excluding hydrogens is 332 g/mol. The number of carbonyl (C=O) groups excluding carboxylic acids is 1. The molecule has 124 valence electrons. The standard InChI is InChI=1S/C19H16N4OS/c1-22(12-18-21-15-9-5-6-10-17(15)25-18)19(24)16-11-20-13-23(16)14-7-3-2-4-8-14/h2-11,13H,12H2,1H3. The molecule has 0 aliphatic rings. The minimum absolute atomic E-state index is 0.0828. The molecule has 4 aromatic rings. The van der Waals surface area contributed by atoms with Gasteiger partial charge in [-0.3, -0.25) is 9.36 Å². The van der Waals surface area contributed by atoms with E-state index in [9.17, 15) is 4.79 Å². The molecule has 0 atom stereocenters. The fourth-order valence-corrected chi connectivity index (χ4v) is 3.73. The molecule has 1 amide bonds. The van der Waals surface area contributed by atoms with E-state index < -0.39 is 0 Å². The van der Waals surface area contributed by atoms with Gasteiger partial charge >= 0.3 is 0 Å². The molecule has 0 saturated carbocycles. The monoisotopic (exact) mass is 348 g/mol. The van der Waals surface area contributed by atoms with Crippen molar-refractivity contribution in [3.05, 3.63) is 77.8 Å². The molecule has 0 fully saturated rings. The SMILES string of the molecule is CN(Cc1nc2ccccc2s1)C(=O)c1cncn1-c1ccccc1. The van der Waals surface area contributed by atoms with Gasteiger partial charge in [-0.15, -0.1) is 11.3 Å². The topological polar surface area (TPSA) is 51.0 Å². The lowest BCUT2D eigenvalue weighted by atomic mass is 10.3. The highest BCUT2D eigenvalue weighted by Gasteiger charge is 2.18. The van der Waals surface area contributed by atoms with Gasteiger partial charge in [0.1, 0.15) is 10.7 Å². The van der Waals surface area contributed by atoms with Crippen LogP contribution in [0.3, 0.4) is 0 Å². The van der Waals surface area contributed by atoms with E-state index in [0.29, 0.717) is 12.2 Å². The van der Waals surface area contributed by atoms with Crippen molar-refractivity contribution in [3.63, 3.8) is 0 Å². The highest BCUT2D eigenvalue weighted by Crippen LogP contribution is 2.23. The van der Waals surface area contributed by atoms with Crippen LogP contribution in [0.1, 0.15) is 15.5 Å². The summed E-state index contributed by atoms with van der Waals surface area (Å²) in [5.74, 6) is -0.0828. The second-order valence-corrected chi connectivity index (χ2v) is 6.84. The first-order valence-corrected chi connectivity index (χ1v) is 8.72. The van der Waals surface area contributed by atoms with E-state index in [-0.39, 0.29) is 5.91 Å². The minimum atomic E-state index is -0.0828. The predicted molar refractivity (Wildman–Crippen MR) is 99.0 cm³/mol. The number of aromatic nitrogens is 3. The van der Waals surface area contributed by atoms with Crippen LogP contribution in [0.25, 0.3) is 15.9 Å². The van der Waals surface area contributed by atoms with Gasteiger partial charge in [0.15, 0.2) is 0 Å². The summed E-state index contributed by atoms with van der Waals surface area (Å²) in [6.07, 6.45) is 3.26. The van der Waals surface area contributed by atoms with Crippen LogP contribution in [0.5, 0.6) is 0 Å². The number of nitrogens with zero attached hydrogens (tertiary/aromatic N) is 4. The van der Waals surface area contributed by atoms with Crippen molar-refractivity contribution in [3.8, 4) is 5.69 Å². The van der Waals surface area contributed by atoms with Crippen molar-refractivity contribution < 1.29 is 4.79 Å². The number of benzene rings is 2. The predicted octanol–water partition coefficient (Wildman–Crippen LogP) is 3.75. The Balaban J connectivity index is 1.58. The highest BCUT2D eigenvalue weighted by atomic mass is 32.1. The molecular formula is C19H16N4OS. The van der Waals surface area contributed by atoms with Crippen LogP contribution in [-0.2, 0) is 6.54 Å². The number of thiazole rings is 1. The zero-order valence-corrected chi connectivity index (χ0v) is 14.5. The number of para-hydroxylation sites is 2. The number of rotatable bonds is 4. The third kappa shape index (κ3) is 3.04. The number of carbonyl (C=O) groups is 1. The Hall–Kier alpha value is -2.99. The van der Waals surface area contributed by atoms with Gasteiger partial charge in [-0.05, 0) is 24.3 Å². The van der Waals surface area contributed by atoms with Crippen LogP contribution in [0.2, 0.25) is 0 Å². The molecule has 5 nitrogen and oxygen atoms in total. The van der Waals surface area contributed by atoms with Crippen molar-refractivity contribution in [1.29, 1.82) is 0 Å². The van der Waals surface area contributed by atoms with E-state index in [1.165, 1.54) is 0 Å². The Labute approximate surface area is 149 Å². The van der Waals surface area contributed by atoms with Crippen LogP contribution >= 0.6 is 11.3 Å². The quantitative estimate of drug-likeness (QED) is 0.564. The van der Waals surface area contributed by atoms with E-state index in [0.717, 1.165) is 20.9 Å². The fraction of sp³-hybridized carbons (Fsp3) is 0.105. The zero-order chi connectivity index (χ0) is 17.2. The maximum absolute atomic E-state index is 12.9. The molecule has 25 heavy (non-hydrogen) atoms. The Morgan fingerprint density at radius 1 is 1.12 bits per heavy atom. The summed E-state index contributed by atoms with van der Waals surface area (Å²) in [5, 5.41) is 0.919. The summed E-state index contributed by atoms with van der Waals surface area (Å²) in [4.78, 5) is 23.3. The first-order chi connectivity index (χ1) is 12.2. The molecule has 0 unspecified atom stereocenters. The second-order valence-electron chi connectivity index (χ2n) is 5.72. The molecule has 0 spiro atoms. The van der Waals surface area contributed by atoms with Crippen molar-refractivity contribution in [2.75, 3.05) is 7.05 Å². The van der Waals surface area contributed by atoms with Crippen LogP contribution in [0.15, 0.2) is 67.1 Å². The maximum Gasteiger partial charge on any atom is 0.272 e. The van der Waals surface area contributed by atoms with Gasteiger partial charge in [0, 0.05) is 12.7 Å². The molecule has 0 aliphatic heterocycles. The lowest BCUT2D eigenvalue weighted by molar-refractivity contribution is 0.0777. The number of fused-ring (bicyclic) bond motifs is 1. The summed E-state index contributed by atoms with van der Waals surface area (Å²) in [6.45, 7) is 0.470. The molecule has 2 heterocycles. The summed E-state index contributed by atoms with van der Waals surface area (Å²) in [5.41, 5.74) is 2.42. The minimum Gasteiger partial charge on any atom is -0.334 e. The second kappa shape index (κ2) is 6.49. The van der Waals surface area contributed by atoms with E-state index in [1.807, 2.05) is 54.6 Å². The van der Waals surface area contributed by atoms with Crippen molar-refractivity contribution >= 4 is 27.5 Å². The maximum atomic E-state index is 12.9. The van der Waals surface area contributed by atoms with Crippen LogP contribution in [0.4, 0.5) is 0 Å². The smallest absolute Gasteiger partial charge is 0.272 e. The Kier molecular flexibility index (Phi) is 4.03. The average Bonchev–Trinajstić information content (AvgIpc) is 3.28. The van der Waals surface area contributed by atoms with E-state index in [4.69, 9.17) is 0 Å². The summed E-state index contributed by atoms with van der Waals surface area (Å²) in [7, 11) is 1.79. The number of amides is 1. The number of hydrogen-bond acceptors (Lipinski definition) is 4. The molecule has 4 rings (SSSR count). The zero-order valence-electron chi connectivity index (χ0n) is 13.7. The molecule has 2 aromatic heterocycles. The lowest BCUT2D eigenvalue weighted by Gasteiger charge is -2.16. The number of imidazole rings is 1. The van der Waals surface area contributed by atoms with Crippen molar-refractivity contribution in [1.82, 2.24) is 19.4 Å². The number of hydrogen-bond donors (Lipinski definition) is 0. The van der Waals surface area contributed by atoms with Crippen molar-refractivity contribution in [2.24, 2.45) is 0 Å². The summed E-state index contributed by atoms with van der Waals surface area (Å²) in [6, 6.07) is 17.7. The first kappa shape index (κ1) is 15.5. The molecule has 2 aromatic carbocycles. The molecule has 0 aliphatic carbocycles. The van der Waals surface area contributed by atoms with Gasteiger partial charge in [0.05, 0.1) is 29.3 Å². The highest BCUT2D eigenvalue weighted by molar-refractivity contribution is 7.18. The Morgan fingerprint density at radius 3 is 2.68 bits per heavy atom. The largest absolute Gasteiger partial charge is 0.334 e. The van der Waals surface area contributed by atoms with Gasteiger partial charge < -0.3 is 4.90 Å². The fourth-order valence-electron chi connectivity index (χ4n) is 2.71. The van der Waals surface area contributed by atoms with E-state index >= 15 is 0 Å². The van der Waals surface area contributed by atoms with Gasteiger partial charge in [-0.25, -0.2) is 9.97 Å². The van der Waals surface area contributed by atoms with Gasteiger partial charge in [-0.1, -0.05) is 30.3 Å². The van der Waals surface area contributed by atoms with E-state index in [1.54, 1.807) is 40.4 Å². The van der Waals surface area contributed by atoms with Crippen LogP contribution in [0, 0.1) is 0 Å². The van der Waals surface area contributed by atoms with E-state index in [2.05, 4.69) is 9.97 Å². The van der Waals surface area contributed by atoms with Crippen molar-refractivity contribution in [2.45, 2.75) is 6.54 Å². The Morgan fingerprint density at radius 2 is 1.88 bits per heavy atom. The summed E-state index contributed by atoms with van der Waals surface area (Å²) >= 11 is 1.61. The summed E-state index contributed by atoms with van der Waals surface area (Å²) < 4.78 is 2.93. The van der Waals surface area contributed by atoms with Gasteiger partial charge in [0.25, 0.3) is 5.91 Å². The third-order valence-corrected chi connectivity index (χ3v) is 4.97. The molecule has 0 N–H and O–H groups in total. The van der Waals surface area contributed by atoms with Gasteiger partial charge in [-0.2, -0.15) is 0 Å². The molecule has 0 saturated heterocycles.